The average Bonchev–Trinajstić information content (AvgIpc) is 3.26. The van der Waals surface area contributed by atoms with Crippen LogP contribution in [0.25, 0.3) is 0 Å². The molecule has 1 atom stereocenters. The maximum atomic E-state index is 11.9. The number of nitrogens with one attached hydrogen (secondary N) is 1. The van der Waals surface area contributed by atoms with Crippen molar-refractivity contribution in [3.05, 3.63) is 59.5 Å². The van der Waals surface area contributed by atoms with E-state index in [1.807, 2.05) is 36.4 Å². The number of furan rings is 1. The standard InChI is InChI=1S/C18H21NO4/c20-18(17-7-3-9-23-17)19-11-14-4-1-5-15(10-14)12-21-13-16-6-2-8-22-16/h1-2,4-6,8,10,17H,3,7,9,11-13H2,(H,19,20)/t17-/m0/s1. The number of amides is 1. The molecule has 1 fully saturated rings. The van der Waals surface area contributed by atoms with E-state index < -0.39 is 0 Å². The Labute approximate surface area is 135 Å². The van der Waals surface area contributed by atoms with Crippen molar-refractivity contribution < 1.29 is 18.7 Å². The monoisotopic (exact) mass is 315 g/mol. The molecule has 1 aromatic carbocycles. The molecule has 5 nitrogen and oxygen atoms in total. The average molecular weight is 315 g/mol. The fraction of sp³-hybridized carbons (Fsp3) is 0.389. The zero-order valence-electron chi connectivity index (χ0n) is 13.0. The molecule has 1 aliphatic heterocycles. The van der Waals surface area contributed by atoms with Crippen molar-refractivity contribution in [1.82, 2.24) is 5.32 Å². The number of rotatable bonds is 7. The third-order valence-electron chi connectivity index (χ3n) is 3.77. The minimum atomic E-state index is -0.283. The first-order valence-electron chi connectivity index (χ1n) is 7.88. The Morgan fingerprint density at radius 3 is 2.91 bits per heavy atom. The first-order valence-corrected chi connectivity index (χ1v) is 7.88. The second-order valence-corrected chi connectivity index (χ2v) is 5.61. The van der Waals surface area contributed by atoms with E-state index in [0.717, 1.165) is 29.7 Å². The van der Waals surface area contributed by atoms with Gasteiger partial charge in [-0.05, 0) is 36.1 Å². The first-order chi connectivity index (χ1) is 11.3. The Bertz CT molecular complexity index is 618. The van der Waals surface area contributed by atoms with Gasteiger partial charge in [0.25, 0.3) is 0 Å². The van der Waals surface area contributed by atoms with Crippen LogP contribution in [0.4, 0.5) is 0 Å². The highest BCUT2D eigenvalue weighted by Crippen LogP contribution is 2.13. The molecule has 0 aliphatic carbocycles. The zero-order valence-corrected chi connectivity index (χ0v) is 13.0. The van der Waals surface area contributed by atoms with E-state index in [9.17, 15) is 4.79 Å². The van der Waals surface area contributed by atoms with Gasteiger partial charge in [-0.3, -0.25) is 4.79 Å². The summed E-state index contributed by atoms with van der Waals surface area (Å²) in [6.07, 6.45) is 3.12. The lowest BCUT2D eigenvalue weighted by molar-refractivity contribution is -0.130. The maximum Gasteiger partial charge on any atom is 0.249 e. The summed E-state index contributed by atoms with van der Waals surface area (Å²) in [6, 6.07) is 11.7. The Balaban J connectivity index is 1.45. The maximum absolute atomic E-state index is 11.9. The summed E-state index contributed by atoms with van der Waals surface area (Å²) in [5.41, 5.74) is 2.12. The largest absolute Gasteiger partial charge is 0.467 e. The van der Waals surface area contributed by atoms with Gasteiger partial charge in [0.15, 0.2) is 0 Å². The van der Waals surface area contributed by atoms with E-state index in [1.54, 1.807) is 6.26 Å². The molecule has 2 aromatic rings. The highest BCUT2D eigenvalue weighted by molar-refractivity contribution is 5.80. The smallest absolute Gasteiger partial charge is 0.249 e. The number of benzene rings is 1. The lowest BCUT2D eigenvalue weighted by Crippen LogP contribution is -2.33. The number of carbonyl (C=O) groups excluding carboxylic acids is 1. The summed E-state index contributed by atoms with van der Waals surface area (Å²) >= 11 is 0. The van der Waals surface area contributed by atoms with Crippen molar-refractivity contribution in [2.45, 2.75) is 38.7 Å². The molecule has 1 N–H and O–H groups in total. The van der Waals surface area contributed by atoms with E-state index in [0.29, 0.717) is 26.4 Å². The van der Waals surface area contributed by atoms with Gasteiger partial charge in [0, 0.05) is 13.2 Å². The molecular formula is C18H21NO4. The van der Waals surface area contributed by atoms with Crippen LogP contribution in [0, 0.1) is 0 Å². The summed E-state index contributed by atoms with van der Waals surface area (Å²) in [5, 5.41) is 2.93. The quantitative estimate of drug-likeness (QED) is 0.853. The summed E-state index contributed by atoms with van der Waals surface area (Å²) < 4.78 is 16.2. The summed E-state index contributed by atoms with van der Waals surface area (Å²) in [7, 11) is 0. The van der Waals surface area contributed by atoms with Crippen LogP contribution >= 0.6 is 0 Å². The molecular weight excluding hydrogens is 294 g/mol. The van der Waals surface area contributed by atoms with E-state index in [-0.39, 0.29) is 12.0 Å². The molecule has 122 valence electrons. The molecule has 0 bridgehead atoms. The fourth-order valence-electron chi connectivity index (χ4n) is 2.58. The number of hydrogen-bond acceptors (Lipinski definition) is 4. The predicted octanol–water partition coefficient (Wildman–Crippen LogP) is 2.79. The molecule has 1 amide bonds. The zero-order chi connectivity index (χ0) is 15.9. The topological polar surface area (TPSA) is 60.7 Å². The Morgan fingerprint density at radius 2 is 2.13 bits per heavy atom. The number of carbonyl (C=O) groups is 1. The van der Waals surface area contributed by atoms with Gasteiger partial charge in [0.1, 0.15) is 18.5 Å². The number of hydrogen-bond donors (Lipinski definition) is 1. The minimum Gasteiger partial charge on any atom is -0.467 e. The minimum absolute atomic E-state index is 0.0260. The van der Waals surface area contributed by atoms with Crippen LogP contribution in [0.15, 0.2) is 47.1 Å². The summed E-state index contributed by atoms with van der Waals surface area (Å²) in [6.45, 7) is 2.15. The Hall–Kier alpha value is -2.11. The van der Waals surface area contributed by atoms with Gasteiger partial charge < -0.3 is 19.2 Å². The van der Waals surface area contributed by atoms with Crippen LogP contribution in [0.5, 0.6) is 0 Å². The molecule has 0 spiro atoms. The lowest BCUT2D eigenvalue weighted by Gasteiger charge is -2.11. The fourth-order valence-corrected chi connectivity index (χ4v) is 2.58. The molecule has 1 aromatic heterocycles. The second-order valence-electron chi connectivity index (χ2n) is 5.61. The molecule has 5 heteroatoms. The van der Waals surface area contributed by atoms with Gasteiger partial charge in [0.05, 0.1) is 12.9 Å². The van der Waals surface area contributed by atoms with E-state index >= 15 is 0 Å². The van der Waals surface area contributed by atoms with Crippen molar-refractivity contribution in [1.29, 1.82) is 0 Å². The molecule has 1 saturated heterocycles. The molecule has 0 radical (unpaired) electrons. The van der Waals surface area contributed by atoms with Crippen LogP contribution < -0.4 is 5.32 Å². The van der Waals surface area contributed by atoms with Crippen molar-refractivity contribution in [3.8, 4) is 0 Å². The van der Waals surface area contributed by atoms with Gasteiger partial charge in [-0.2, -0.15) is 0 Å². The van der Waals surface area contributed by atoms with Crippen LogP contribution in [0.1, 0.15) is 29.7 Å². The predicted molar refractivity (Wildman–Crippen MR) is 84.5 cm³/mol. The van der Waals surface area contributed by atoms with Gasteiger partial charge in [-0.15, -0.1) is 0 Å². The molecule has 3 rings (SSSR count). The summed E-state index contributed by atoms with van der Waals surface area (Å²) in [4.78, 5) is 11.9. The van der Waals surface area contributed by atoms with Crippen molar-refractivity contribution in [3.63, 3.8) is 0 Å². The molecule has 0 unspecified atom stereocenters. The molecule has 0 saturated carbocycles. The van der Waals surface area contributed by atoms with E-state index in [1.165, 1.54) is 0 Å². The van der Waals surface area contributed by atoms with E-state index in [2.05, 4.69) is 5.32 Å². The highest BCUT2D eigenvalue weighted by atomic mass is 16.5. The number of ether oxygens (including phenoxy) is 2. The van der Waals surface area contributed by atoms with Gasteiger partial charge in [-0.25, -0.2) is 0 Å². The molecule has 1 aliphatic rings. The van der Waals surface area contributed by atoms with E-state index in [4.69, 9.17) is 13.9 Å². The van der Waals surface area contributed by atoms with Crippen LogP contribution in [-0.4, -0.2) is 18.6 Å². The third kappa shape index (κ3) is 4.68. The van der Waals surface area contributed by atoms with Crippen LogP contribution in [0.3, 0.4) is 0 Å². The Morgan fingerprint density at radius 1 is 1.22 bits per heavy atom. The van der Waals surface area contributed by atoms with Gasteiger partial charge in [0.2, 0.25) is 5.91 Å². The van der Waals surface area contributed by atoms with Crippen molar-refractivity contribution in [2.75, 3.05) is 6.61 Å². The first kappa shape index (κ1) is 15.8. The normalized spacial score (nSPS) is 17.3. The Kier molecular flexibility index (Phi) is 5.45. The molecule has 2 heterocycles. The van der Waals surface area contributed by atoms with Crippen molar-refractivity contribution >= 4 is 5.91 Å². The third-order valence-corrected chi connectivity index (χ3v) is 3.77. The summed E-state index contributed by atoms with van der Waals surface area (Å²) in [5.74, 6) is 0.784. The highest BCUT2D eigenvalue weighted by Gasteiger charge is 2.22. The van der Waals surface area contributed by atoms with Crippen LogP contribution in [-0.2, 0) is 34.0 Å². The molecule has 23 heavy (non-hydrogen) atoms. The van der Waals surface area contributed by atoms with Gasteiger partial charge in [-0.1, -0.05) is 24.3 Å². The van der Waals surface area contributed by atoms with Crippen LogP contribution in [0.2, 0.25) is 0 Å². The SMILES string of the molecule is O=C(NCc1cccc(COCc2ccco2)c1)[C@@H]1CCCO1. The van der Waals surface area contributed by atoms with Crippen molar-refractivity contribution in [2.24, 2.45) is 0 Å². The van der Waals surface area contributed by atoms with Gasteiger partial charge >= 0.3 is 0 Å². The second kappa shape index (κ2) is 7.94. The lowest BCUT2D eigenvalue weighted by atomic mass is 10.1.